The molecule has 1 saturated heterocycles. The van der Waals surface area contributed by atoms with E-state index in [0.29, 0.717) is 6.04 Å². The van der Waals surface area contributed by atoms with E-state index in [1.165, 1.54) is 11.1 Å². The zero-order valence-corrected chi connectivity index (χ0v) is 12.8. The average Bonchev–Trinajstić information content (AvgIpc) is 2.46. The number of hydrogen-bond donors (Lipinski definition) is 2. The third-order valence-electron chi connectivity index (χ3n) is 4.31. The zero-order valence-electron chi connectivity index (χ0n) is 12.8. The van der Waals surface area contributed by atoms with Gasteiger partial charge in [0.05, 0.1) is 6.10 Å². The van der Waals surface area contributed by atoms with Crippen molar-refractivity contribution in [2.24, 2.45) is 0 Å². The van der Waals surface area contributed by atoms with Gasteiger partial charge in [-0.05, 0) is 50.4 Å². The normalized spacial score (nSPS) is 19.1. The van der Waals surface area contributed by atoms with Crippen LogP contribution in [0.3, 0.4) is 0 Å². The third kappa shape index (κ3) is 4.30. The first-order valence-corrected chi connectivity index (χ1v) is 7.90. The number of nitrogens with one attached hydrogen (secondary N) is 1. The first kappa shape index (κ1) is 15.5. The Balaban J connectivity index is 1.91. The molecule has 2 N–H and O–H groups in total. The van der Waals surface area contributed by atoms with Crippen molar-refractivity contribution in [2.75, 3.05) is 26.2 Å². The molecule has 3 nitrogen and oxygen atoms in total. The number of likely N-dealkylation sites (tertiary alicyclic amines) is 1. The van der Waals surface area contributed by atoms with E-state index >= 15 is 0 Å². The van der Waals surface area contributed by atoms with Gasteiger partial charge in [-0.1, -0.05) is 31.2 Å². The van der Waals surface area contributed by atoms with Crippen molar-refractivity contribution < 1.29 is 5.11 Å². The lowest BCUT2D eigenvalue weighted by atomic mass is 9.98. The summed E-state index contributed by atoms with van der Waals surface area (Å²) in [5, 5.41) is 13.2. The topological polar surface area (TPSA) is 35.5 Å². The van der Waals surface area contributed by atoms with Crippen LogP contribution < -0.4 is 5.32 Å². The number of nitrogens with zero attached hydrogens (tertiary/aromatic N) is 1. The van der Waals surface area contributed by atoms with Crippen LogP contribution in [0.2, 0.25) is 0 Å². The zero-order chi connectivity index (χ0) is 14.4. The fourth-order valence-corrected chi connectivity index (χ4v) is 3.05. The summed E-state index contributed by atoms with van der Waals surface area (Å²) in [6.07, 6.45) is 2.91. The number of benzene rings is 1. The molecule has 0 bridgehead atoms. The summed E-state index contributed by atoms with van der Waals surface area (Å²) in [6.45, 7) is 8.54. The molecule has 0 aromatic heterocycles. The molecule has 0 aliphatic carbocycles. The minimum atomic E-state index is -0.0767. The van der Waals surface area contributed by atoms with Crippen LogP contribution in [0.25, 0.3) is 0 Å². The van der Waals surface area contributed by atoms with Crippen molar-refractivity contribution in [3.8, 4) is 0 Å². The number of hydrogen-bond acceptors (Lipinski definition) is 3. The van der Waals surface area contributed by atoms with Crippen molar-refractivity contribution in [2.45, 2.75) is 45.3 Å². The molecule has 1 heterocycles. The molecular weight excluding hydrogens is 248 g/mol. The summed E-state index contributed by atoms with van der Waals surface area (Å²) >= 11 is 0. The summed E-state index contributed by atoms with van der Waals surface area (Å²) in [7, 11) is 0. The molecule has 20 heavy (non-hydrogen) atoms. The van der Waals surface area contributed by atoms with E-state index in [2.05, 4.69) is 48.3 Å². The predicted octanol–water partition coefficient (Wildman–Crippen LogP) is 2.49. The van der Waals surface area contributed by atoms with Crippen LogP contribution in [-0.4, -0.2) is 42.3 Å². The van der Waals surface area contributed by atoms with Gasteiger partial charge in [-0.2, -0.15) is 0 Å². The van der Waals surface area contributed by atoms with Gasteiger partial charge >= 0.3 is 0 Å². The smallest absolute Gasteiger partial charge is 0.0564 e. The van der Waals surface area contributed by atoms with E-state index in [4.69, 9.17) is 0 Å². The number of rotatable bonds is 6. The van der Waals surface area contributed by atoms with Crippen LogP contribution in [0.5, 0.6) is 0 Å². The summed E-state index contributed by atoms with van der Waals surface area (Å²) < 4.78 is 0. The average molecular weight is 276 g/mol. The summed E-state index contributed by atoms with van der Waals surface area (Å²) in [6, 6.07) is 9.10. The number of aliphatic hydroxyl groups excluding tert-OH is 1. The molecule has 1 aliphatic rings. The third-order valence-corrected chi connectivity index (χ3v) is 4.31. The predicted molar refractivity (Wildman–Crippen MR) is 83.9 cm³/mol. The highest BCUT2D eigenvalue weighted by atomic mass is 16.3. The van der Waals surface area contributed by atoms with Crippen LogP contribution in [0.4, 0.5) is 0 Å². The second-order valence-electron chi connectivity index (χ2n) is 5.83. The lowest BCUT2D eigenvalue weighted by molar-refractivity contribution is 0.0806. The quantitative estimate of drug-likeness (QED) is 0.838. The van der Waals surface area contributed by atoms with E-state index in [1.807, 2.05) is 0 Å². The largest absolute Gasteiger partial charge is 0.393 e. The van der Waals surface area contributed by atoms with Gasteiger partial charge in [0.2, 0.25) is 0 Å². The van der Waals surface area contributed by atoms with Crippen molar-refractivity contribution in [1.29, 1.82) is 0 Å². The lowest BCUT2D eigenvalue weighted by Gasteiger charge is -2.31. The Labute approximate surface area is 123 Å². The highest BCUT2D eigenvalue weighted by Crippen LogP contribution is 2.21. The molecule has 1 unspecified atom stereocenters. The van der Waals surface area contributed by atoms with Gasteiger partial charge in [-0.3, -0.25) is 0 Å². The van der Waals surface area contributed by atoms with Crippen LogP contribution in [0, 0.1) is 6.92 Å². The Hall–Kier alpha value is -0.900. The number of aryl methyl sites for hydroxylation is 1. The van der Waals surface area contributed by atoms with Crippen LogP contribution in [0.1, 0.15) is 43.4 Å². The van der Waals surface area contributed by atoms with E-state index in [0.717, 1.165) is 45.4 Å². The Morgan fingerprint density at radius 2 is 2.00 bits per heavy atom. The van der Waals surface area contributed by atoms with Crippen molar-refractivity contribution in [1.82, 2.24) is 10.2 Å². The van der Waals surface area contributed by atoms with Crippen LogP contribution >= 0.6 is 0 Å². The molecule has 0 amide bonds. The molecule has 3 heteroatoms. The molecule has 112 valence electrons. The second-order valence-corrected chi connectivity index (χ2v) is 5.83. The molecule has 0 saturated carbocycles. The van der Waals surface area contributed by atoms with Gasteiger partial charge in [0.25, 0.3) is 0 Å². The SMILES string of the molecule is CCNC(CCN1CCC(O)CC1)c1ccccc1C. The molecule has 1 fully saturated rings. The maximum Gasteiger partial charge on any atom is 0.0564 e. The molecule has 1 atom stereocenters. The van der Waals surface area contributed by atoms with Gasteiger partial charge < -0.3 is 15.3 Å². The van der Waals surface area contributed by atoms with E-state index in [9.17, 15) is 5.11 Å². The molecule has 1 aromatic carbocycles. The van der Waals surface area contributed by atoms with E-state index < -0.39 is 0 Å². The first-order valence-electron chi connectivity index (χ1n) is 7.90. The molecule has 1 aliphatic heterocycles. The Bertz CT molecular complexity index is 400. The maximum absolute atomic E-state index is 9.56. The molecular formula is C17H28N2O. The fraction of sp³-hybridized carbons (Fsp3) is 0.647. The monoisotopic (exact) mass is 276 g/mol. The summed E-state index contributed by atoms with van der Waals surface area (Å²) in [5.41, 5.74) is 2.79. The standard InChI is InChI=1S/C17H28N2O/c1-3-18-17(16-7-5-4-6-14(16)2)10-13-19-11-8-15(20)9-12-19/h4-7,15,17-18,20H,3,8-13H2,1-2H3. The molecule has 0 spiro atoms. The minimum absolute atomic E-state index is 0.0767. The second kappa shape index (κ2) is 7.77. The van der Waals surface area contributed by atoms with Crippen LogP contribution in [0.15, 0.2) is 24.3 Å². The Morgan fingerprint density at radius 1 is 1.30 bits per heavy atom. The van der Waals surface area contributed by atoms with E-state index in [-0.39, 0.29) is 6.10 Å². The molecule has 1 aromatic rings. The van der Waals surface area contributed by atoms with Crippen molar-refractivity contribution in [3.05, 3.63) is 35.4 Å². The summed E-state index contributed by atoms with van der Waals surface area (Å²) in [4.78, 5) is 2.48. The maximum atomic E-state index is 9.56. The van der Waals surface area contributed by atoms with E-state index in [1.54, 1.807) is 0 Å². The summed E-state index contributed by atoms with van der Waals surface area (Å²) in [5.74, 6) is 0. The van der Waals surface area contributed by atoms with Gasteiger partial charge in [-0.15, -0.1) is 0 Å². The highest BCUT2D eigenvalue weighted by Gasteiger charge is 2.19. The Kier molecular flexibility index (Phi) is 6.02. The molecule has 0 radical (unpaired) electrons. The van der Waals surface area contributed by atoms with Gasteiger partial charge in [-0.25, -0.2) is 0 Å². The minimum Gasteiger partial charge on any atom is -0.393 e. The number of piperidine rings is 1. The van der Waals surface area contributed by atoms with Gasteiger partial charge in [0, 0.05) is 19.1 Å². The fourth-order valence-electron chi connectivity index (χ4n) is 3.05. The van der Waals surface area contributed by atoms with Crippen molar-refractivity contribution in [3.63, 3.8) is 0 Å². The highest BCUT2D eigenvalue weighted by molar-refractivity contribution is 5.28. The lowest BCUT2D eigenvalue weighted by Crippen LogP contribution is -2.37. The first-order chi connectivity index (χ1) is 9.70. The van der Waals surface area contributed by atoms with Crippen LogP contribution in [-0.2, 0) is 0 Å². The molecule has 2 rings (SSSR count). The van der Waals surface area contributed by atoms with Crippen molar-refractivity contribution >= 4 is 0 Å². The van der Waals surface area contributed by atoms with Gasteiger partial charge in [0.15, 0.2) is 0 Å². The number of aliphatic hydroxyl groups is 1. The Morgan fingerprint density at radius 3 is 2.65 bits per heavy atom. The van der Waals surface area contributed by atoms with Gasteiger partial charge in [0.1, 0.15) is 0 Å².